The molecule has 1 aromatic rings. The van der Waals surface area contributed by atoms with Crippen molar-refractivity contribution >= 4 is 11.6 Å². The van der Waals surface area contributed by atoms with E-state index >= 15 is 0 Å². The lowest BCUT2D eigenvalue weighted by Gasteiger charge is -2.23. The minimum atomic E-state index is 0.151. The zero-order valence-electron chi connectivity index (χ0n) is 13.1. The van der Waals surface area contributed by atoms with Gasteiger partial charge in [-0.25, -0.2) is 0 Å². The molecule has 4 nitrogen and oxygen atoms in total. The fourth-order valence-corrected chi connectivity index (χ4v) is 3.47. The van der Waals surface area contributed by atoms with Gasteiger partial charge in [-0.3, -0.25) is 4.79 Å². The molecular formula is C17H25N3O. The highest BCUT2D eigenvalue weighted by atomic mass is 16.2. The normalized spacial score (nSPS) is 21.7. The molecule has 0 aromatic heterocycles. The van der Waals surface area contributed by atoms with Gasteiger partial charge in [0.05, 0.1) is 0 Å². The van der Waals surface area contributed by atoms with Crippen LogP contribution >= 0.6 is 0 Å². The molecule has 1 fully saturated rings. The van der Waals surface area contributed by atoms with Crippen molar-refractivity contribution in [1.29, 1.82) is 0 Å². The van der Waals surface area contributed by atoms with Crippen molar-refractivity contribution in [3.05, 3.63) is 29.3 Å². The fourth-order valence-electron chi connectivity index (χ4n) is 3.47. The summed E-state index contributed by atoms with van der Waals surface area (Å²) in [7, 11) is 4.08. The van der Waals surface area contributed by atoms with Crippen LogP contribution in [0.15, 0.2) is 18.2 Å². The summed E-state index contributed by atoms with van der Waals surface area (Å²) in [6.07, 6.45) is 3.41. The zero-order valence-corrected chi connectivity index (χ0v) is 13.1. The molecule has 1 unspecified atom stereocenters. The second kappa shape index (κ2) is 6.06. The number of aryl methyl sites for hydroxylation is 1. The van der Waals surface area contributed by atoms with Crippen molar-refractivity contribution in [3.63, 3.8) is 0 Å². The van der Waals surface area contributed by atoms with E-state index in [0.717, 1.165) is 44.6 Å². The van der Waals surface area contributed by atoms with Crippen LogP contribution in [0.3, 0.4) is 0 Å². The molecule has 0 radical (unpaired) electrons. The molecule has 1 atom stereocenters. The van der Waals surface area contributed by atoms with Crippen LogP contribution in [0.25, 0.3) is 0 Å². The molecular weight excluding hydrogens is 262 g/mol. The van der Waals surface area contributed by atoms with Crippen molar-refractivity contribution < 1.29 is 4.79 Å². The number of benzene rings is 1. The van der Waals surface area contributed by atoms with E-state index in [0.29, 0.717) is 5.92 Å². The van der Waals surface area contributed by atoms with Gasteiger partial charge in [0.15, 0.2) is 0 Å². The summed E-state index contributed by atoms with van der Waals surface area (Å²) in [5.74, 6) is 0.765. The zero-order chi connectivity index (χ0) is 14.8. The molecule has 0 spiro atoms. The summed E-state index contributed by atoms with van der Waals surface area (Å²) in [5.41, 5.74) is 3.30. The summed E-state index contributed by atoms with van der Waals surface area (Å²) in [6, 6.07) is 6.08. The van der Waals surface area contributed by atoms with Gasteiger partial charge in [0, 0.05) is 37.9 Å². The van der Waals surface area contributed by atoms with E-state index in [2.05, 4.69) is 29.4 Å². The maximum Gasteiger partial charge on any atom is 0.253 e. The van der Waals surface area contributed by atoms with Gasteiger partial charge < -0.3 is 15.1 Å². The molecule has 2 aliphatic rings. The Morgan fingerprint density at radius 1 is 1.48 bits per heavy atom. The second-order valence-electron chi connectivity index (χ2n) is 6.50. The minimum absolute atomic E-state index is 0.151. The van der Waals surface area contributed by atoms with Crippen molar-refractivity contribution in [2.24, 2.45) is 5.92 Å². The van der Waals surface area contributed by atoms with E-state index in [1.807, 2.05) is 18.0 Å². The number of hydrogen-bond donors (Lipinski definition) is 1. The van der Waals surface area contributed by atoms with Crippen LogP contribution < -0.4 is 5.32 Å². The Balaban J connectivity index is 1.66. The first-order valence-corrected chi connectivity index (χ1v) is 7.94. The monoisotopic (exact) mass is 287 g/mol. The predicted octanol–water partition coefficient (Wildman–Crippen LogP) is 2.07. The van der Waals surface area contributed by atoms with E-state index in [1.165, 1.54) is 17.7 Å². The van der Waals surface area contributed by atoms with E-state index in [4.69, 9.17) is 0 Å². The largest absolute Gasteiger partial charge is 0.385 e. The summed E-state index contributed by atoms with van der Waals surface area (Å²) >= 11 is 0. The molecule has 2 aliphatic heterocycles. The van der Waals surface area contributed by atoms with Gasteiger partial charge in [-0.2, -0.15) is 0 Å². The van der Waals surface area contributed by atoms with Gasteiger partial charge in [-0.1, -0.05) is 0 Å². The van der Waals surface area contributed by atoms with Crippen LogP contribution in [0.1, 0.15) is 28.8 Å². The lowest BCUT2D eigenvalue weighted by Crippen LogP contribution is -2.33. The van der Waals surface area contributed by atoms with Crippen molar-refractivity contribution in [3.8, 4) is 0 Å². The quantitative estimate of drug-likeness (QED) is 0.924. The van der Waals surface area contributed by atoms with Gasteiger partial charge in [-0.15, -0.1) is 0 Å². The highest BCUT2D eigenvalue weighted by Crippen LogP contribution is 2.24. The van der Waals surface area contributed by atoms with Gasteiger partial charge in [0.25, 0.3) is 5.91 Å². The van der Waals surface area contributed by atoms with Crippen LogP contribution in [0, 0.1) is 5.92 Å². The van der Waals surface area contributed by atoms with Crippen molar-refractivity contribution in [1.82, 2.24) is 9.80 Å². The topological polar surface area (TPSA) is 35.6 Å². The second-order valence-corrected chi connectivity index (χ2v) is 6.50. The highest BCUT2D eigenvalue weighted by Gasteiger charge is 2.23. The minimum Gasteiger partial charge on any atom is -0.385 e. The summed E-state index contributed by atoms with van der Waals surface area (Å²) in [6.45, 7) is 4.15. The molecule has 3 rings (SSSR count). The number of fused-ring (bicyclic) bond motifs is 1. The first-order valence-electron chi connectivity index (χ1n) is 7.94. The Morgan fingerprint density at radius 2 is 2.33 bits per heavy atom. The van der Waals surface area contributed by atoms with E-state index in [1.54, 1.807) is 0 Å². The third-order valence-electron chi connectivity index (χ3n) is 4.66. The Bertz CT molecular complexity index is 529. The SMILES string of the molecule is CN1CCC(CN(C)C(=O)c2ccc3c(c2)CCCN3)C1. The number of amides is 1. The molecule has 1 N–H and O–H groups in total. The van der Waals surface area contributed by atoms with Crippen molar-refractivity contribution in [2.75, 3.05) is 45.6 Å². The number of nitrogens with zero attached hydrogens (tertiary/aromatic N) is 2. The summed E-state index contributed by atoms with van der Waals surface area (Å²) in [4.78, 5) is 16.8. The van der Waals surface area contributed by atoms with Crippen LogP contribution in [0.4, 0.5) is 5.69 Å². The fraction of sp³-hybridized carbons (Fsp3) is 0.588. The van der Waals surface area contributed by atoms with Crippen LogP contribution in [0.2, 0.25) is 0 Å². The Labute approximate surface area is 127 Å². The van der Waals surface area contributed by atoms with E-state index < -0.39 is 0 Å². The predicted molar refractivity (Wildman–Crippen MR) is 85.8 cm³/mol. The molecule has 1 saturated heterocycles. The third-order valence-corrected chi connectivity index (χ3v) is 4.66. The Morgan fingerprint density at radius 3 is 3.10 bits per heavy atom. The number of rotatable bonds is 3. The number of nitrogens with one attached hydrogen (secondary N) is 1. The Kier molecular flexibility index (Phi) is 4.15. The lowest BCUT2D eigenvalue weighted by atomic mass is 10.00. The van der Waals surface area contributed by atoms with Gasteiger partial charge in [0.1, 0.15) is 0 Å². The van der Waals surface area contributed by atoms with Crippen LogP contribution in [-0.4, -0.2) is 56.0 Å². The standard InChI is InChI=1S/C17H25N3O/c1-19-9-7-13(11-19)12-20(2)17(21)15-5-6-16-14(10-15)4-3-8-18-16/h5-6,10,13,18H,3-4,7-9,11-12H2,1-2H3. The maximum atomic E-state index is 12.6. The molecule has 1 amide bonds. The van der Waals surface area contributed by atoms with E-state index in [9.17, 15) is 4.79 Å². The van der Waals surface area contributed by atoms with Crippen molar-refractivity contribution in [2.45, 2.75) is 19.3 Å². The number of anilines is 1. The average molecular weight is 287 g/mol. The summed E-state index contributed by atoms with van der Waals surface area (Å²) < 4.78 is 0. The summed E-state index contributed by atoms with van der Waals surface area (Å²) in [5, 5.41) is 3.39. The molecule has 2 heterocycles. The van der Waals surface area contributed by atoms with Gasteiger partial charge in [-0.05, 0) is 62.5 Å². The number of hydrogen-bond acceptors (Lipinski definition) is 3. The van der Waals surface area contributed by atoms with Crippen LogP contribution in [0.5, 0.6) is 0 Å². The number of likely N-dealkylation sites (tertiary alicyclic amines) is 1. The smallest absolute Gasteiger partial charge is 0.253 e. The first kappa shape index (κ1) is 14.4. The number of carbonyl (C=O) groups excluding carboxylic acids is 1. The molecule has 0 saturated carbocycles. The van der Waals surface area contributed by atoms with Gasteiger partial charge >= 0.3 is 0 Å². The number of carbonyl (C=O) groups is 1. The first-order chi connectivity index (χ1) is 10.1. The Hall–Kier alpha value is -1.55. The lowest BCUT2D eigenvalue weighted by molar-refractivity contribution is 0.0774. The molecule has 1 aromatic carbocycles. The highest BCUT2D eigenvalue weighted by molar-refractivity contribution is 5.94. The average Bonchev–Trinajstić information content (AvgIpc) is 2.91. The molecule has 114 valence electrons. The molecule has 21 heavy (non-hydrogen) atoms. The molecule has 4 heteroatoms. The van der Waals surface area contributed by atoms with E-state index in [-0.39, 0.29) is 5.91 Å². The van der Waals surface area contributed by atoms with Gasteiger partial charge in [0.2, 0.25) is 0 Å². The maximum absolute atomic E-state index is 12.6. The third kappa shape index (κ3) is 3.21. The molecule has 0 aliphatic carbocycles. The van der Waals surface area contributed by atoms with Crippen LogP contribution in [-0.2, 0) is 6.42 Å². The molecule has 0 bridgehead atoms.